The Labute approximate surface area is 88.7 Å². The number of fused-ring (bicyclic) bond motifs is 2. The number of rotatable bonds is 3. The molecular formula is C11H15NO3. The molecule has 2 rings (SSSR count). The lowest BCUT2D eigenvalue weighted by Crippen LogP contribution is -2.36. The van der Waals surface area contributed by atoms with E-state index in [4.69, 9.17) is 0 Å². The van der Waals surface area contributed by atoms with Gasteiger partial charge in [0.2, 0.25) is 5.91 Å². The molecular weight excluding hydrogens is 194 g/mol. The lowest BCUT2D eigenvalue weighted by Gasteiger charge is -2.16. The average molecular weight is 209 g/mol. The van der Waals surface area contributed by atoms with Crippen LogP contribution in [0.1, 0.15) is 12.8 Å². The second kappa shape index (κ2) is 4.04. The van der Waals surface area contributed by atoms with Gasteiger partial charge in [-0.2, -0.15) is 0 Å². The molecule has 3 atom stereocenters. The minimum Gasteiger partial charge on any atom is -0.468 e. The van der Waals surface area contributed by atoms with Gasteiger partial charge in [-0.15, -0.1) is 0 Å². The van der Waals surface area contributed by atoms with Crippen LogP contribution in [-0.4, -0.2) is 25.5 Å². The van der Waals surface area contributed by atoms with Gasteiger partial charge in [-0.05, 0) is 24.7 Å². The lowest BCUT2D eigenvalue weighted by molar-refractivity contribution is -0.141. The molecule has 0 aromatic heterocycles. The van der Waals surface area contributed by atoms with E-state index in [9.17, 15) is 9.59 Å². The Morgan fingerprint density at radius 2 is 2.20 bits per heavy atom. The molecule has 0 spiro atoms. The van der Waals surface area contributed by atoms with E-state index in [2.05, 4.69) is 22.2 Å². The summed E-state index contributed by atoms with van der Waals surface area (Å²) >= 11 is 0. The standard InChI is InChI=1S/C11H15NO3/c1-15-10(13)6-12-11(14)9-5-7-2-3-8(9)4-7/h2-3,7-9H,4-6H2,1H3,(H,12,14)/t7-,8+,9-/m0/s1. The van der Waals surface area contributed by atoms with Gasteiger partial charge in [-0.1, -0.05) is 12.2 Å². The highest BCUT2D eigenvalue weighted by Gasteiger charge is 2.39. The third kappa shape index (κ3) is 2.03. The SMILES string of the molecule is COC(=O)CNC(=O)[C@H]1C[C@H]2C=C[C@@H]1C2. The Balaban J connectivity index is 1.82. The van der Waals surface area contributed by atoms with Crippen molar-refractivity contribution in [2.45, 2.75) is 12.8 Å². The third-order valence-corrected chi connectivity index (χ3v) is 3.25. The number of hydrogen-bond donors (Lipinski definition) is 1. The summed E-state index contributed by atoms with van der Waals surface area (Å²) in [7, 11) is 1.31. The van der Waals surface area contributed by atoms with Crippen molar-refractivity contribution in [1.29, 1.82) is 0 Å². The highest BCUT2D eigenvalue weighted by molar-refractivity contribution is 5.84. The fourth-order valence-corrected chi connectivity index (χ4v) is 2.44. The van der Waals surface area contributed by atoms with Crippen LogP contribution in [0.3, 0.4) is 0 Å². The molecule has 0 aliphatic heterocycles. The van der Waals surface area contributed by atoms with Crippen molar-refractivity contribution in [1.82, 2.24) is 5.32 Å². The predicted molar refractivity (Wildman–Crippen MR) is 53.9 cm³/mol. The molecule has 82 valence electrons. The Morgan fingerprint density at radius 1 is 1.40 bits per heavy atom. The topological polar surface area (TPSA) is 55.4 Å². The zero-order valence-electron chi connectivity index (χ0n) is 8.73. The second-order valence-corrected chi connectivity index (χ2v) is 4.18. The summed E-state index contributed by atoms with van der Waals surface area (Å²) in [6.07, 6.45) is 6.33. The lowest BCUT2D eigenvalue weighted by atomic mass is 9.93. The van der Waals surface area contributed by atoms with Crippen LogP contribution >= 0.6 is 0 Å². The molecule has 1 fully saturated rings. The van der Waals surface area contributed by atoms with Gasteiger partial charge in [-0.25, -0.2) is 0 Å². The molecule has 1 amide bonds. The fourth-order valence-electron chi connectivity index (χ4n) is 2.44. The van der Waals surface area contributed by atoms with E-state index in [1.54, 1.807) is 0 Å². The predicted octanol–water partition coefficient (Wildman–Crippen LogP) is 0.488. The Kier molecular flexibility index (Phi) is 2.75. The first-order valence-corrected chi connectivity index (χ1v) is 5.23. The van der Waals surface area contributed by atoms with E-state index in [1.807, 2.05) is 0 Å². The van der Waals surface area contributed by atoms with Crippen molar-refractivity contribution in [3.05, 3.63) is 12.2 Å². The molecule has 15 heavy (non-hydrogen) atoms. The number of hydrogen-bond acceptors (Lipinski definition) is 3. The first-order valence-electron chi connectivity index (χ1n) is 5.23. The fraction of sp³-hybridized carbons (Fsp3) is 0.636. The highest BCUT2D eigenvalue weighted by Crippen LogP contribution is 2.43. The molecule has 2 aliphatic carbocycles. The van der Waals surface area contributed by atoms with Gasteiger partial charge in [0.25, 0.3) is 0 Å². The molecule has 0 heterocycles. The van der Waals surface area contributed by atoms with Crippen molar-refractivity contribution < 1.29 is 14.3 Å². The van der Waals surface area contributed by atoms with Crippen molar-refractivity contribution in [3.63, 3.8) is 0 Å². The van der Waals surface area contributed by atoms with Crippen LogP contribution in [0.25, 0.3) is 0 Å². The summed E-state index contributed by atoms with van der Waals surface area (Å²) in [4.78, 5) is 22.5. The summed E-state index contributed by atoms with van der Waals surface area (Å²) in [5, 5.41) is 2.61. The van der Waals surface area contributed by atoms with Crippen LogP contribution in [0.15, 0.2) is 12.2 Å². The zero-order chi connectivity index (χ0) is 10.8. The maximum Gasteiger partial charge on any atom is 0.325 e. The molecule has 1 N–H and O–H groups in total. The van der Waals surface area contributed by atoms with Gasteiger partial charge in [0.05, 0.1) is 7.11 Å². The summed E-state index contributed by atoms with van der Waals surface area (Å²) < 4.78 is 4.46. The van der Waals surface area contributed by atoms with Crippen LogP contribution < -0.4 is 5.32 Å². The number of ether oxygens (including phenoxy) is 1. The molecule has 0 saturated heterocycles. The molecule has 0 unspecified atom stereocenters. The van der Waals surface area contributed by atoms with Crippen LogP contribution in [0.2, 0.25) is 0 Å². The summed E-state index contributed by atoms with van der Waals surface area (Å²) in [6.45, 7) is -0.0209. The Hall–Kier alpha value is -1.32. The molecule has 4 nitrogen and oxygen atoms in total. The number of carbonyl (C=O) groups excluding carboxylic acids is 2. The van der Waals surface area contributed by atoms with Gasteiger partial charge in [0, 0.05) is 5.92 Å². The highest BCUT2D eigenvalue weighted by atomic mass is 16.5. The van der Waals surface area contributed by atoms with E-state index in [0.717, 1.165) is 12.8 Å². The van der Waals surface area contributed by atoms with Crippen LogP contribution in [-0.2, 0) is 14.3 Å². The Bertz CT molecular complexity index is 311. The quantitative estimate of drug-likeness (QED) is 0.543. The second-order valence-electron chi connectivity index (χ2n) is 4.18. The van der Waals surface area contributed by atoms with Crippen LogP contribution in [0, 0.1) is 17.8 Å². The van der Waals surface area contributed by atoms with Gasteiger partial charge in [0.1, 0.15) is 6.54 Å². The van der Waals surface area contributed by atoms with Crippen LogP contribution in [0.5, 0.6) is 0 Å². The number of esters is 1. The number of allylic oxidation sites excluding steroid dienone is 2. The largest absolute Gasteiger partial charge is 0.468 e. The third-order valence-electron chi connectivity index (χ3n) is 3.25. The van der Waals surface area contributed by atoms with E-state index in [0.29, 0.717) is 11.8 Å². The van der Waals surface area contributed by atoms with E-state index < -0.39 is 5.97 Å². The summed E-state index contributed by atoms with van der Waals surface area (Å²) in [5.74, 6) is 0.598. The van der Waals surface area contributed by atoms with Gasteiger partial charge in [-0.3, -0.25) is 9.59 Å². The van der Waals surface area contributed by atoms with Crippen molar-refractivity contribution >= 4 is 11.9 Å². The summed E-state index contributed by atoms with van der Waals surface area (Å²) in [6, 6.07) is 0. The van der Waals surface area contributed by atoms with Gasteiger partial charge < -0.3 is 10.1 Å². The maximum absolute atomic E-state index is 11.7. The van der Waals surface area contributed by atoms with Crippen LogP contribution in [0.4, 0.5) is 0 Å². The first-order chi connectivity index (χ1) is 7.20. The minimum absolute atomic E-state index is 0.0164. The van der Waals surface area contributed by atoms with Crippen molar-refractivity contribution in [2.24, 2.45) is 17.8 Å². The normalized spacial score (nSPS) is 31.7. The summed E-state index contributed by atoms with van der Waals surface area (Å²) in [5.41, 5.74) is 0. The number of carbonyl (C=O) groups is 2. The van der Waals surface area contributed by atoms with Gasteiger partial charge >= 0.3 is 5.97 Å². The van der Waals surface area contributed by atoms with E-state index in [1.165, 1.54) is 7.11 Å². The smallest absolute Gasteiger partial charge is 0.325 e. The van der Waals surface area contributed by atoms with Gasteiger partial charge in [0.15, 0.2) is 0 Å². The number of methoxy groups -OCH3 is 1. The minimum atomic E-state index is -0.401. The monoisotopic (exact) mass is 209 g/mol. The Morgan fingerprint density at radius 3 is 2.73 bits per heavy atom. The molecule has 2 bridgehead atoms. The zero-order valence-corrected chi connectivity index (χ0v) is 8.73. The molecule has 2 aliphatic rings. The molecule has 4 heteroatoms. The van der Waals surface area contributed by atoms with E-state index in [-0.39, 0.29) is 18.4 Å². The number of amides is 1. The number of nitrogens with one attached hydrogen (secondary N) is 1. The molecule has 1 saturated carbocycles. The first kappa shape index (κ1) is 10.2. The molecule has 0 aromatic rings. The molecule has 0 radical (unpaired) electrons. The van der Waals surface area contributed by atoms with Crippen molar-refractivity contribution in [3.8, 4) is 0 Å². The average Bonchev–Trinajstić information content (AvgIpc) is 2.86. The van der Waals surface area contributed by atoms with E-state index >= 15 is 0 Å². The van der Waals surface area contributed by atoms with Crippen molar-refractivity contribution in [2.75, 3.05) is 13.7 Å². The maximum atomic E-state index is 11.7. The molecule has 0 aromatic carbocycles.